The third kappa shape index (κ3) is 3.09. The Labute approximate surface area is 146 Å². The van der Waals surface area contributed by atoms with Gasteiger partial charge in [0.15, 0.2) is 12.4 Å². The first-order valence-electron chi connectivity index (χ1n) is 7.80. The van der Waals surface area contributed by atoms with E-state index in [0.717, 1.165) is 6.92 Å². The van der Waals surface area contributed by atoms with Crippen molar-refractivity contribution in [3.05, 3.63) is 0 Å². The highest BCUT2D eigenvalue weighted by Gasteiger charge is 2.62. The van der Waals surface area contributed by atoms with Crippen molar-refractivity contribution in [3.63, 3.8) is 0 Å². The summed E-state index contributed by atoms with van der Waals surface area (Å²) >= 11 is 0. The zero-order chi connectivity index (χ0) is 19.4. The van der Waals surface area contributed by atoms with E-state index >= 15 is 0 Å². The van der Waals surface area contributed by atoms with E-state index in [1.165, 1.54) is 0 Å². The SMILES string of the molecule is CC(=O)OC1C2CC3C(=O)C(CC1C3C(=O)OCC(F)(F)S(=O)(=O)O)O2. The Kier molecular flexibility index (Phi) is 4.56. The quantitative estimate of drug-likeness (QED) is 0.499. The second-order valence-electron chi connectivity index (χ2n) is 6.63. The van der Waals surface area contributed by atoms with Crippen molar-refractivity contribution in [1.29, 1.82) is 0 Å². The molecule has 6 unspecified atom stereocenters. The van der Waals surface area contributed by atoms with Gasteiger partial charge in [0, 0.05) is 18.8 Å². The molecular weight excluding hydrogens is 382 g/mol. The molecule has 4 rings (SSSR count). The fourth-order valence-electron chi connectivity index (χ4n) is 3.97. The highest BCUT2D eigenvalue weighted by atomic mass is 32.2. The maximum atomic E-state index is 13.3. The number of ether oxygens (including phenoxy) is 3. The second-order valence-corrected chi connectivity index (χ2v) is 8.17. The van der Waals surface area contributed by atoms with E-state index in [1.807, 2.05) is 0 Å². The summed E-state index contributed by atoms with van der Waals surface area (Å²) in [6.45, 7) is -0.716. The zero-order valence-electron chi connectivity index (χ0n) is 13.5. The minimum absolute atomic E-state index is 0.0677. The Morgan fingerprint density at radius 1 is 1.35 bits per heavy atom. The van der Waals surface area contributed by atoms with Crippen molar-refractivity contribution in [2.45, 2.75) is 43.3 Å². The molecule has 0 radical (unpaired) electrons. The molecule has 4 bridgehead atoms. The van der Waals surface area contributed by atoms with Crippen molar-refractivity contribution in [2.24, 2.45) is 17.8 Å². The van der Waals surface area contributed by atoms with Gasteiger partial charge in [-0.2, -0.15) is 17.2 Å². The summed E-state index contributed by atoms with van der Waals surface area (Å²) < 4.78 is 71.3. The molecule has 12 heteroatoms. The second kappa shape index (κ2) is 6.20. The van der Waals surface area contributed by atoms with Gasteiger partial charge in [-0.15, -0.1) is 0 Å². The van der Waals surface area contributed by atoms with Gasteiger partial charge >= 0.3 is 27.3 Å². The molecule has 26 heavy (non-hydrogen) atoms. The molecule has 0 aromatic heterocycles. The van der Waals surface area contributed by atoms with Gasteiger partial charge < -0.3 is 14.2 Å². The molecule has 6 atom stereocenters. The van der Waals surface area contributed by atoms with Gasteiger partial charge in [-0.05, 0) is 12.8 Å². The lowest BCUT2D eigenvalue weighted by atomic mass is 9.59. The molecule has 0 aromatic rings. The van der Waals surface area contributed by atoms with E-state index in [-0.39, 0.29) is 18.6 Å². The van der Waals surface area contributed by atoms with Gasteiger partial charge in [-0.1, -0.05) is 0 Å². The first kappa shape index (κ1) is 19.1. The number of carbonyl (C=O) groups is 3. The predicted molar refractivity (Wildman–Crippen MR) is 76.4 cm³/mol. The lowest BCUT2D eigenvalue weighted by Gasteiger charge is -2.54. The number of esters is 2. The molecule has 0 amide bonds. The van der Waals surface area contributed by atoms with Gasteiger partial charge in [0.2, 0.25) is 0 Å². The summed E-state index contributed by atoms with van der Waals surface area (Å²) in [7, 11) is -5.75. The van der Waals surface area contributed by atoms with Crippen LogP contribution in [0.15, 0.2) is 0 Å². The van der Waals surface area contributed by atoms with Crippen molar-refractivity contribution in [2.75, 3.05) is 6.61 Å². The molecule has 2 heterocycles. The summed E-state index contributed by atoms with van der Waals surface area (Å²) in [5, 5.41) is -4.67. The van der Waals surface area contributed by atoms with Crippen molar-refractivity contribution in [1.82, 2.24) is 0 Å². The lowest BCUT2D eigenvalue weighted by Crippen LogP contribution is -2.66. The Balaban J connectivity index is 1.78. The van der Waals surface area contributed by atoms with Gasteiger partial charge in [-0.25, -0.2) is 0 Å². The van der Waals surface area contributed by atoms with Gasteiger partial charge in [0.25, 0.3) is 0 Å². The number of ketones is 1. The van der Waals surface area contributed by atoms with Crippen LogP contribution in [0, 0.1) is 17.8 Å². The van der Waals surface area contributed by atoms with Crippen LogP contribution in [0.1, 0.15) is 19.8 Å². The monoisotopic (exact) mass is 398 g/mol. The Morgan fingerprint density at radius 2 is 2.00 bits per heavy atom. The van der Waals surface area contributed by atoms with Crippen molar-refractivity contribution >= 4 is 27.8 Å². The summed E-state index contributed by atoms with van der Waals surface area (Å²) in [5.74, 6) is -4.83. The van der Waals surface area contributed by atoms with E-state index in [2.05, 4.69) is 4.74 Å². The van der Waals surface area contributed by atoms with E-state index in [9.17, 15) is 31.6 Å². The lowest BCUT2D eigenvalue weighted by molar-refractivity contribution is -0.236. The highest BCUT2D eigenvalue weighted by Crippen LogP contribution is 2.51. The van der Waals surface area contributed by atoms with Crippen LogP contribution in [0.2, 0.25) is 0 Å². The van der Waals surface area contributed by atoms with Crippen LogP contribution in [0.5, 0.6) is 0 Å². The summed E-state index contributed by atoms with van der Waals surface area (Å²) in [6, 6.07) is 0. The maximum absolute atomic E-state index is 13.3. The molecule has 146 valence electrons. The summed E-state index contributed by atoms with van der Waals surface area (Å²) in [5.41, 5.74) is 0. The molecule has 0 aromatic carbocycles. The van der Waals surface area contributed by atoms with Gasteiger partial charge in [-0.3, -0.25) is 18.9 Å². The van der Waals surface area contributed by atoms with Crippen LogP contribution in [-0.2, 0) is 38.7 Å². The average Bonchev–Trinajstić information content (AvgIpc) is 2.49. The molecule has 4 fully saturated rings. The van der Waals surface area contributed by atoms with Crippen LogP contribution in [0.25, 0.3) is 0 Å². The van der Waals surface area contributed by atoms with E-state index in [0.29, 0.717) is 0 Å². The Morgan fingerprint density at radius 3 is 2.58 bits per heavy atom. The molecule has 9 nitrogen and oxygen atoms in total. The molecular formula is C14H16F2O9S. The van der Waals surface area contributed by atoms with Crippen LogP contribution in [-0.4, -0.2) is 60.9 Å². The molecule has 2 saturated heterocycles. The number of rotatable bonds is 5. The molecule has 2 aliphatic heterocycles. The van der Waals surface area contributed by atoms with E-state index in [4.69, 9.17) is 14.0 Å². The Hall–Kier alpha value is -1.66. The number of carbonyl (C=O) groups excluding carboxylic acids is 3. The van der Waals surface area contributed by atoms with E-state index in [1.54, 1.807) is 0 Å². The summed E-state index contributed by atoms with van der Waals surface area (Å²) in [4.78, 5) is 35.9. The van der Waals surface area contributed by atoms with Crippen molar-refractivity contribution in [3.8, 4) is 0 Å². The fraction of sp³-hybridized carbons (Fsp3) is 0.786. The third-order valence-corrected chi connectivity index (χ3v) is 5.88. The number of hydrogen-bond acceptors (Lipinski definition) is 8. The Bertz CT molecular complexity index is 750. The first-order chi connectivity index (χ1) is 11.9. The third-order valence-electron chi connectivity index (χ3n) is 5.01. The molecule has 4 aliphatic rings. The van der Waals surface area contributed by atoms with E-state index < -0.39 is 70.0 Å². The minimum Gasteiger partial charge on any atom is -0.459 e. The fourth-order valence-corrected chi connectivity index (χ4v) is 4.18. The normalized spacial score (nSPS) is 36.1. The van der Waals surface area contributed by atoms with Gasteiger partial charge in [0.1, 0.15) is 12.2 Å². The average molecular weight is 398 g/mol. The predicted octanol–water partition coefficient (Wildman–Crippen LogP) is -0.0656. The van der Waals surface area contributed by atoms with Crippen molar-refractivity contribution < 1.29 is 50.3 Å². The largest absolute Gasteiger partial charge is 0.459 e. The topological polar surface area (TPSA) is 133 Å². The number of hydrogen-bond donors (Lipinski definition) is 1. The minimum atomic E-state index is -5.75. The summed E-state index contributed by atoms with van der Waals surface area (Å²) in [6.07, 6.45) is -2.02. The van der Waals surface area contributed by atoms with Crippen LogP contribution < -0.4 is 0 Å². The van der Waals surface area contributed by atoms with Crippen LogP contribution >= 0.6 is 0 Å². The number of halogens is 2. The van der Waals surface area contributed by atoms with Crippen LogP contribution in [0.4, 0.5) is 8.78 Å². The molecule has 2 saturated carbocycles. The van der Waals surface area contributed by atoms with Crippen LogP contribution in [0.3, 0.4) is 0 Å². The number of Topliss-reactive ketones (excluding diaryl/α,β-unsaturated/α-hetero) is 1. The first-order valence-corrected chi connectivity index (χ1v) is 9.24. The maximum Gasteiger partial charge on any atom is 0.402 e. The molecule has 2 aliphatic carbocycles. The molecule has 1 N–H and O–H groups in total. The zero-order valence-corrected chi connectivity index (χ0v) is 14.3. The van der Waals surface area contributed by atoms with Gasteiger partial charge in [0.05, 0.1) is 12.0 Å². The molecule has 0 spiro atoms. The standard InChI is InChI=1S/C14H16F2O9S/c1-5(17)24-12-7-3-8-11(18)6(2-9(12)25-8)10(7)13(19)23-4-14(15,16)26(20,21)22/h6-10,12H,2-4H2,1H3,(H,20,21,22). The highest BCUT2D eigenvalue weighted by molar-refractivity contribution is 7.86. The smallest absolute Gasteiger partial charge is 0.402 e. The number of alkyl halides is 2.